The van der Waals surface area contributed by atoms with Crippen molar-refractivity contribution < 1.29 is 14.4 Å². The van der Waals surface area contributed by atoms with Crippen LogP contribution in [-0.4, -0.2) is 36.2 Å². The molecule has 0 bridgehead atoms. The molecule has 0 atom stereocenters. The second-order valence-corrected chi connectivity index (χ2v) is 8.16. The summed E-state index contributed by atoms with van der Waals surface area (Å²) < 4.78 is 0. The van der Waals surface area contributed by atoms with Gasteiger partial charge in [0.1, 0.15) is 0 Å². The second kappa shape index (κ2) is 8.56. The minimum atomic E-state index is -0.242. The molecule has 0 spiro atoms. The van der Waals surface area contributed by atoms with Crippen LogP contribution in [0, 0.1) is 12.8 Å². The van der Waals surface area contributed by atoms with Gasteiger partial charge in [-0.2, -0.15) is 0 Å². The molecule has 7 heteroatoms. The molecule has 1 aliphatic carbocycles. The Morgan fingerprint density at radius 3 is 2.57 bits per heavy atom. The molecule has 1 heterocycles. The number of rotatable bonds is 7. The van der Waals surface area contributed by atoms with Gasteiger partial charge in [0.15, 0.2) is 0 Å². The summed E-state index contributed by atoms with van der Waals surface area (Å²) in [7, 11) is 1.61. The van der Waals surface area contributed by atoms with Gasteiger partial charge in [-0.1, -0.05) is 25.1 Å². The molecule has 0 saturated heterocycles. The first-order valence-corrected chi connectivity index (χ1v) is 10.2. The largest absolute Gasteiger partial charge is 0.332 e. The maximum absolute atomic E-state index is 12.8. The monoisotopic (exact) mass is 399 g/mol. The summed E-state index contributed by atoms with van der Waals surface area (Å²) in [6, 6.07) is 9.44. The van der Waals surface area contributed by atoms with Crippen LogP contribution < -0.4 is 10.6 Å². The van der Waals surface area contributed by atoms with Crippen LogP contribution in [0.25, 0.3) is 0 Å². The summed E-state index contributed by atoms with van der Waals surface area (Å²) in [5, 5.41) is 6.43. The van der Waals surface area contributed by atoms with E-state index in [4.69, 9.17) is 0 Å². The van der Waals surface area contributed by atoms with E-state index in [1.807, 2.05) is 44.2 Å². The van der Waals surface area contributed by atoms with Crippen LogP contribution in [0.2, 0.25) is 0 Å². The standard InChI is InChI=1S/C21H25N3O3S/c1-4-14-7-5-6-8-16(14)22-17(25)12-24(3)21(27)19-13(2)11-18(28-19)23-20(26)15-9-10-15/h5-8,11,15H,4,9-10,12H2,1-3H3,(H,22,25)(H,23,26). The van der Waals surface area contributed by atoms with E-state index in [0.29, 0.717) is 9.88 Å². The molecule has 0 aliphatic heterocycles. The number of carbonyl (C=O) groups excluding carboxylic acids is 3. The van der Waals surface area contributed by atoms with Crippen molar-refractivity contribution in [2.24, 2.45) is 5.92 Å². The van der Waals surface area contributed by atoms with Gasteiger partial charge in [-0.15, -0.1) is 11.3 Å². The maximum Gasteiger partial charge on any atom is 0.264 e. The predicted octanol–water partition coefficient (Wildman–Crippen LogP) is 3.68. The van der Waals surface area contributed by atoms with E-state index in [-0.39, 0.29) is 30.2 Å². The topological polar surface area (TPSA) is 78.5 Å². The van der Waals surface area contributed by atoms with E-state index in [1.54, 1.807) is 7.05 Å². The molecule has 1 aliphatic rings. The van der Waals surface area contributed by atoms with Gasteiger partial charge in [0, 0.05) is 18.7 Å². The molecular formula is C21H25N3O3S. The number of likely N-dealkylation sites (N-methyl/N-ethyl adjacent to an activating group) is 1. The predicted molar refractivity (Wildman–Crippen MR) is 112 cm³/mol. The van der Waals surface area contributed by atoms with Crippen molar-refractivity contribution in [2.45, 2.75) is 33.1 Å². The molecule has 1 aromatic heterocycles. The van der Waals surface area contributed by atoms with Crippen molar-refractivity contribution in [3.8, 4) is 0 Å². The summed E-state index contributed by atoms with van der Waals surface area (Å²) in [5.41, 5.74) is 2.62. The van der Waals surface area contributed by atoms with Gasteiger partial charge < -0.3 is 15.5 Å². The van der Waals surface area contributed by atoms with Gasteiger partial charge in [0.05, 0.1) is 16.4 Å². The lowest BCUT2D eigenvalue weighted by Crippen LogP contribution is -2.35. The first-order valence-electron chi connectivity index (χ1n) is 9.43. The Morgan fingerprint density at radius 2 is 1.89 bits per heavy atom. The fraction of sp³-hybridized carbons (Fsp3) is 0.381. The summed E-state index contributed by atoms with van der Waals surface area (Å²) in [5.74, 6) is -0.344. The highest BCUT2D eigenvalue weighted by Gasteiger charge is 2.30. The molecule has 148 valence electrons. The summed E-state index contributed by atoms with van der Waals surface area (Å²) in [6.45, 7) is 3.82. The fourth-order valence-electron chi connectivity index (χ4n) is 2.93. The number of para-hydroxylation sites is 1. The van der Waals surface area contributed by atoms with Crippen LogP contribution >= 0.6 is 11.3 Å². The average Bonchev–Trinajstić information content (AvgIpc) is 3.45. The molecule has 0 radical (unpaired) electrons. The number of amides is 3. The molecule has 1 saturated carbocycles. The van der Waals surface area contributed by atoms with Crippen molar-refractivity contribution in [3.63, 3.8) is 0 Å². The fourth-order valence-corrected chi connectivity index (χ4v) is 4.00. The number of anilines is 2. The van der Waals surface area contributed by atoms with Crippen LogP contribution in [0.15, 0.2) is 30.3 Å². The molecule has 2 aromatic rings. The smallest absolute Gasteiger partial charge is 0.264 e. The lowest BCUT2D eigenvalue weighted by atomic mass is 10.1. The van der Waals surface area contributed by atoms with Gasteiger partial charge in [0.2, 0.25) is 11.8 Å². The second-order valence-electron chi connectivity index (χ2n) is 7.11. The zero-order valence-electron chi connectivity index (χ0n) is 16.4. The van der Waals surface area contributed by atoms with Gasteiger partial charge in [-0.3, -0.25) is 14.4 Å². The number of nitrogens with zero attached hydrogens (tertiary/aromatic N) is 1. The number of hydrogen-bond donors (Lipinski definition) is 2. The number of thiophene rings is 1. The van der Waals surface area contributed by atoms with Gasteiger partial charge in [-0.25, -0.2) is 0 Å². The molecule has 3 rings (SSSR count). The Hall–Kier alpha value is -2.67. The summed E-state index contributed by atoms with van der Waals surface area (Å²) in [6.07, 6.45) is 2.68. The Labute approximate surface area is 168 Å². The van der Waals surface area contributed by atoms with Crippen LogP contribution in [0.5, 0.6) is 0 Å². The Bertz CT molecular complexity index is 902. The minimum Gasteiger partial charge on any atom is -0.332 e. The van der Waals surface area contributed by atoms with Crippen LogP contribution in [-0.2, 0) is 16.0 Å². The summed E-state index contributed by atoms with van der Waals surface area (Å²) >= 11 is 1.25. The Balaban J connectivity index is 1.61. The van der Waals surface area contributed by atoms with Crippen molar-refractivity contribution in [3.05, 3.63) is 46.3 Å². The number of carbonyl (C=O) groups is 3. The van der Waals surface area contributed by atoms with Gasteiger partial charge in [0.25, 0.3) is 5.91 Å². The third-order valence-electron chi connectivity index (χ3n) is 4.71. The van der Waals surface area contributed by atoms with Crippen molar-refractivity contribution in [1.82, 2.24) is 4.90 Å². The molecule has 1 aromatic carbocycles. The number of aryl methyl sites for hydroxylation is 2. The maximum atomic E-state index is 12.8. The highest BCUT2D eigenvalue weighted by atomic mass is 32.1. The van der Waals surface area contributed by atoms with Crippen LogP contribution in [0.1, 0.15) is 40.6 Å². The van der Waals surface area contributed by atoms with E-state index in [9.17, 15) is 14.4 Å². The lowest BCUT2D eigenvalue weighted by Gasteiger charge is -2.17. The number of hydrogen-bond acceptors (Lipinski definition) is 4. The van der Waals surface area contributed by atoms with Crippen molar-refractivity contribution >= 4 is 39.7 Å². The number of nitrogens with one attached hydrogen (secondary N) is 2. The van der Waals surface area contributed by atoms with Gasteiger partial charge >= 0.3 is 0 Å². The highest BCUT2D eigenvalue weighted by Crippen LogP contribution is 2.33. The normalized spacial score (nSPS) is 13.1. The quantitative estimate of drug-likeness (QED) is 0.745. The van der Waals surface area contributed by atoms with E-state index in [2.05, 4.69) is 10.6 Å². The lowest BCUT2D eigenvalue weighted by molar-refractivity contribution is -0.117. The van der Waals surface area contributed by atoms with E-state index < -0.39 is 0 Å². The SMILES string of the molecule is CCc1ccccc1NC(=O)CN(C)C(=O)c1sc(NC(=O)C2CC2)cc1C. The van der Waals surface area contributed by atoms with Crippen LogP contribution in [0.4, 0.5) is 10.7 Å². The zero-order chi connectivity index (χ0) is 20.3. The third kappa shape index (κ3) is 4.78. The average molecular weight is 400 g/mol. The Kier molecular flexibility index (Phi) is 6.14. The highest BCUT2D eigenvalue weighted by molar-refractivity contribution is 7.18. The van der Waals surface area contributed by atoms with Gasteiger partial charge in [-0.05, 0) is 49.4 Å². The van der Waals surface area contributed by atoms with Crippen LogP contribution in [0.3, 0.4) is 0 Å². The van der Waals surface area contributed by atoms with Crippen molar-refractivity contribution in [1.29, 1.82) is 0 Å². The molecule has 2 N–H and O–H groups in total. The van der Waals surface area contributed by atoms with E-state index in [1.165, 1.54) is 16.2 Å². The third-order valence-corrected chi connectivity index (χ3v) is 5.85. The Morgan fingerprint density at radius 1 is 1.18 bits per heavy atom. The molecule has 0 unspecified atom stereocenters. The first kappa shape index (κ1) is 20.1. The van der Waals surface area contributed by atoms with E-state index >= 15 is 0 Å². The first-order chi connectivity index (χ1) is 13.4. The molecule has 28 heavy (non-hydrogen) atoms. The summed E-state index contributed by atoms with van der Waals surface area (Å²) in [4.78, 5) is 39.0. The van der Waals surface area contributed by atoms with Crippen molar-refractivity contribution in [2.75, 3.05) is 24.2 Å². The molecular weight excluding hydrogens is 374 g/mol. The zero-order valence-corrected chi connectivity index (χ0v) is 17.2. The minimum absolute atomic E-state index is 0.0163. The number of benzene rings is 1. The molecule has 6 nitrogen and oxygen atoms in total. The molecule has 1 fully saturated rings. The molecule has 3 amide bonds. The van der Waals surface area contributed by atoms with E-state index in [0.717, 1.165) is 36.1 Å².